The number of rotatable bonds is 5. The molecule has 1 aliphatic carbocycles. The van der Waals surface area contributed by atoms with E-state index in [0.717, 1.165) is 23.4 Å². The maximum Gasteiger partial charge on any atom is 0.321 e. The third-order valence-corrected chi connectivity index (χ3v) is 4.68. The molecule has 0 aliphatic heterocycles. The molecule has 2 N–H and O–H groups in total. The number of oxazole rings is 1. The van der Waals surface area contributed by atoms with Gasteiger partial charge in [0.05, 0.1) is 6.54 Å². The van der Waals surface area contributed by atoms with Crippen molar-refractivity contribution in [2.45, 2.75) is 25.3 Å². The summed E-state index contributed by atoms with van der Waals surface area (Å²) in [6.45, 7) is 0.265. The predicted octanol–water partition coefficient (Wildman–Crippen LogP) is 3.39. The fraction of sp³-hybridized carbons (Fsp3) is 0.250. The van der Waals surface area contributed by atoms with Crippen LogP contribution in [-0.2, 0) is 6.54 Å². The summed E-state index contributed by atoms with van der Waals surface area (Å²) >= 11 is 1.43. The van der Waals surface area contributed by atoms with E-state index >= 15 is 0 Å². The summed E-state index contributed by atoms with van der Waals surface area (Å²) in [5, 5.41) is 15.1. The molecule has 1 saturated carbocycles. The lowest BCUT2D eigenvalue weighted by Gasteiger charge is -2.04. The second-order valence-electron chi connectivity index (χ2n) is 5.52. The fourth-order valence-corrected chi connectivity index (χ4v) is 3.21. The van der Waals surface area contributed by atoms with Crippen LogP contribution < -0.4 is 10.6 Å². The lowest BCUT2D eigenvalue weighted by atomic mass is 10.1. The van der Waals surface area contributed by atoms with Crippen LogP contribution in [0.4, 0.5) is 9.93 Å². The van der Waals surface area contributed by atoms with Crippen LogP contribution in [0, 0.1) is 0 Å². The minimum absolute atomic E-state index is 0.265. The molecule has 0 radical (unpaired) electrons. The van der Waals surface area contributed by atoms with Crippen molar-refractivity contribution in [1.29, 1.82) is 0 Å². The third-order valence-electron chi connectivity index (χ3n) is 3.68. The molecule has 3 aromatic rings. The van der Waals surface area contributed by atoms with E-state index in [0.29, 0.717) is 22.5 Å². The predicted molar refractivity (Wildman–Crippen MR) is 89.7 cm³/mol. The number of amides is 2. The standard InChI is InChI=1S/C16H15N5O2S/c22-15(19-16-21-20-14(24-16)11-6-7-11)17-8-12-13(23-9-18-12)10-4-2-1-3-5-10/h1-5,9,11H,6-8H2,(H2,17,19,21,22). The van der Waals surface area contributed by atoms with Crippen LogP contribution in [0.25, 0.3) is 11.3 Å². The zero-order chi connectivity index (χ0) is 16.4. The second kappa shape index (κ2) is 6.40. The Morgan fingerprint density at radius 2 is 2.08 bits per heavy atom. The molecule has 1 aliphatic rings. The number of urea groups is 1. The Morgan fingerprint density at radius 1 is 1.25 bits per heavy atom. The highest BCUT2D eigenvalue weighted by atomic mass is 32.1. The maximum absolute atomic E-state index is 12.0. The van der Waals surface area contributed by atoms with Crippen LogP contribution in [0.5, 0.6) is 0 Å². The monoisotopic (exact) mass is 341 g/mol. The van der Waals surface area contributed by atoms with Gasteiger partial charge in [-0.2, -0.15) is 0 Å². The molecule has 2 aromatic heterocycles. The van der Waals surface area contributed by atoms with Crippen LogP contribution in [0.15, 0.2) is 41.1 Å². The number of nitrogens with one attached hydrogen (secondary N) is 2. The topological polar surface area (TPSA) is 92.9 Å². The Morgan fingerprint density at radius 3 is 2.88 bits per heavy atom. The lowest BCUT2D eigenvalue weighted by molar-refractivity contribution is 0.251. The van der Waals surface area contributed by atoms with E-state index in [9.17, 15) is 4.79 Å². The molecule has 1 aromatic carbocycles. The van der Waals surface area contributed by atoms with Crippen molar-refractivity contribution in [3.05, 3.63) is 47.4 Å². The van der Waals surface area contributed by atoms with E-state index in [-0.39, 0.29) is 12.6 Å². The first-order valence-corrected chi connectivity index (χ1v) is 8.47. The van der Waals surface area contributed by atoms with E-state index in [4.69, 9.17) is 4.42 Å². The molecule has 7 nitrogen and oxygen atoms in total. The molecule has 0 saturated heterocycles. The molecule has 0 atom stereocenters. The van der Waals surface area contributed by atoms with Gasteiger partial charge in [-0.3, -0.25) is 5.32 Å². The fourth-order valence-electron chi connectivity index (χ4n) is 2.31. The maximum atomic E-state index is 12.0. The van der Waals surface area contributed by atoms with Crippen LogP contribution in [-0.4, -0.2) is 21.2 Å². The number of carbonyl (C=O) groups is 1. The first-order valence-electron chi connectivity index (χ1n) is 7.65. The second-order valence-corrected chi connectivity index (χ2v) is 6.53. The van der Waals surface area contributed by atoms with Gasteiger partial charge in [0.15, 0.2) is 12.2 Å². The summed E-state index contributed by atoms with van der Waals surface area (Å²) in [5.74, 6) is 1.19. The Hall–Kier alpha value is -2.74. The van der Waals surface area contributed by atoms with Crippen LogP contribution in [0.2, 0.25) is 0 Å². The van der Waals surface area contributed by atoms with E-state index in [1.54, 1.807) is 0 Å². The number of carbonyl (C=O) groups excluding carboxylic acids is 1. The number of anilines is 1. The Bertz CT molecular complexity index is 841. The summed E-state index contributed by atoms with van der Waals surface area (Å²) in [5.41, 5.74) is 1.60. The quantitative estimate of drug-likeness (QED) is 0.742. The third kappa shape index (κ3) is 3.28. The molecule has 4 rings (SSSR count). The van der Waals surface area contributed by atoms with Gasteiger partial charge in [0.25, 0.3) is 0 Å². The van der Waals surface area contributed by atoms with Crippen molar-refractivity contribution in [2.24, 2.45) is 0 Å². The number of benzene rings is 1. The molecule has 0 spiro atoms. The lowest BCUT2D eigenvalue weighted by Crippen LogP contribution is -2.28. The van der Waals surface area contributed by atoms with Gasteiger partial charge in [0, 0.05) is 11.5 Å². The van der Waals surface area contributed by atoms with Crippen molar-refractivity contribution in [1.82, 2.24) is 20.5 Å². The molecule has 8 heteroatoms. The molecule has 122 valence electrons. The van der Waals surface area contributed by atoms with E-state index in [2.05, 4.69) is 25.8 Å². The zero-order valence-electron chi connectivity index (χ0n) is 12.7. The highest BCUT2D eigenvalue weighted by Gasteiger charge is 2.27. The van der Waals surface area contributed by atoms with Crippen LogP contribution in [0.1, 0.15) is 29.5 Å². The first-order chi connectivity index (χ1) is 11.8. The zero-order valence-corrected chi connectivity index (χ0v) is 13.5. The summed E-state index contributed by atoms with van der Waals surface area (Å²) in [6.07, 6.45) is 3.70. The van der Waals surface area contributed by atoms with Gasteiger partial charge in [0.1, 0.15) is 10.7 Å². The summed E-state index contributed by atoms with van der Waals surface area (Å²) in [4.78, 5) is 16.2. The summed E-state index contributed by atoms with van der Waals surface area (Å²) < 4.78 is 5.43. The van der Waals surface area contributed by atoms with Crippen molar-refractivity contribution in [3.8, 4) is 11.3 Å². The Labute approximate surface area is 142 Å². The molecule has 2 heterocycles. The van der Waals surface area contributed by atoms with Crippen molar-refractivity contribution in [3.63, 3.8) is 0 Å². The highest BCUT2D eigenvalue weighted by molar-refractivity contribution is 7.15. The molecule has 2 amide bonds. The SMILES string of the molecule is O=C(NCc1ncoc1-c1ccccc1)Nc1nnc(C2CC2)s1. The minimum atomic E-state index is -0.337. The van der Waals surface area contributed by atoms with Crippen LogP contribution in [0.3, 0.4) is 0 Å². The average molecular weight is 341 g/mol. The number of hydrogen-bond donors (Lipinski definition) is 2. The van der Waals surface area contributed by atoms with Gasteiger partial charge >= 0.3 is 6.03 Å². The normalized spacial score (nSPS) is 13.7. The number of hydrogen-bond acceptors (Lipinski definition) is 6. The van der Waals surface area contributed by atoms with Gasteiger partial charge in [0.2, 0.25) is 5.13 Å². The largest absolute Gasteiger partial charge is 0.443 e. The van der Waals surface area contributed by atoms with Crippen molar-refractivity contribution >= 4 is 22.5 Å². The molecule has 24 heavy (non-hydrogen) atoms. The average Bonchev–Trinajstić information content (AvgIpc) is 3.17. The van der Waals surface area contributed by atoms with Crippen molar-refractivity contribution in [2.75, 3.05) is 5.32 Å². The van der Waals surface area contributed by atoms with E-state index < -0.39 is 0 Å². The van der Waals surface area contributed by atoms with Gasteiger partial charge < -0.3 is 9.73 Å². The van der Waals surface area contributed by atoms with E-state index in [1.807, 2.05) is 30.3 Å². The number of aromatic nitrogens is 3. The summed E-state index contributed by atoms with van der Waals surface area (Å²) in [6, 6.07) is 9.32. The molecule has 0 unspecified atom stereocenters. The Balaban J connectivity index is 1.36. The molecular formula is C16H15N5O2S. The molecular weight excluding hydrogens is 326 g/mol. The summed E-state index contributed by atoms with van der Waals surface area (Å²) in [7, 11) is 0. The molecule has 1 fully saturated rings. The van der Waals surface area contributed by atoms with Crippen LogP contribution >= 0.6 is 11.3 Å². The Kier molecular flexibility index (Phi) is 3.96. The smallest absolute Gasteiger partial charge is 0.321 e. The van der Waals surface area contributed by atoms with Gasteiger partial charge in [-0.25, -0.2) is 9.78 Å². The van der Waals surface area contributed by atoms with Gasteiger partial charge in [-0.1, -0.05) is 41.7 Å². The minimum Gasteiger partial charge on any atom is -0.443 e. The van der Waals surface area contributed by atoms with Crippen molar-refractivity contribution < 1.29 is 9.21 Å². The number of nitrogens with zero attached hydrogens (tertiary/aromatic N) is 3. The molecule has 0 bridgehead atoms. The first kappa shape index (κ1) is 14.8. The van der Waals surface area contributed by atoms with E-state index in [1.165, 1.54) is 17.7 Å². The van der Waals surface area contributed by atoms with Gasteiger partial charge in [-0.15, -0.1) is 10.2 Å². The highest BCUT2D eigenvalue weighted by Crippen LogP contribution is 2.42. The van der Waals surface area contributed by atoms with Gasteiger partial charge in [-0.05, 0) is 12.8 Å².